The largest absolute Gasteiger partial charge is 0.493 e. The van der Waals surface area contributed by atoms with E-state index in [1.54, 1.807) is 7.11 Å². The van der Waals surface area contributed by atoms with Crippen LogP contribution in [0.1, 0.15) is 84.6 Å². The Morgan fingerprint density at radius 3 is 2.03 bits per heavy atom. The van der Waals surface area contributed by atoms with Crippen molar-refractivity contribution >= 4 is 23.2 Å². The van der Waals surface area contributed by atoms with Gasteiger partial charge in [0.15, 0.2) is 23.1 Å². The molecule has 0 saturated carbocycles. The van der Waals surface area contributed by atoms with Crippen LogP contribution in [0.4, 0.5) is 0 Å². The van der Waals surface area contributed by atoms with Crippen molar-refractivity contribution in [3.63, 3.8) is 0 Å². The summed E-state index contributed by atoms with van der Waals surface area (Å²) in [5.74, 6) is 0.756. The standard InChI is InChI=1S/C28H36ClNO4/c1-7-8-9-34-26-17(29)10-16(11-22(26)33-6)23-24-18(12-27(2,3)14-20(24)31)30-19-13-28(4,5)15-21(32)25(19)23/h10-11,23,30H,7-9,12-15H2,1-6H3. The Kier molecular flexibility index (Phi) is 6.63. The molecule has 0 atom stereocenters. The number of Topliss-reactive ketones (excluding diaryl/α,β-unsaturated/α-hetero) is 2. The van der Waals surface area contributed by atoms with E-state index >= 15 is 0 Å². The maximum absolute atomic E-state index is 13.5. The van der Waals surface area contributed by atoms with Gasteiger partial charge in [-0.05, 0) is 47.8 Å². The summed E-state index contributed by atoms with van der Waals surface area (Å²) in [6.07, 6.45) is 4.36. The van der Waals surface area contributed by atoms with Gasteiger partial charge in [0.2, 0.25) is 0 Å². The molecule has 0 fully saturated rings. The highest BCUT2D eigenvalue weighted by Gasteiger charge is 2.46. The fourth-order valence-corrected chi connectivity index (χ4v) is 5.86. The minimum Gasteiger partial charge on any atom is -0.493 e. The number of halogens is 1. The topological polar surface area (TPSA) is 64.6 Å². The van der Waals surface area contributed by atoms with Crippen molar-refractivity contribution in [2.75, 3.05) is 13.7 Å². The van der Waals surface area contributed by atoms with Gasteiger partial charge in [-0.2, -0.15) is 0 Å². The van der Waals surface area contributed by atoms with Gasteiger partial charge >= 0.3 is 0 Å². The molecular formula is C28H36ClNO4. The third-order valence-corrected chi connectivity index (χ3v) is 7.33. The van der Waals surface area contributed by atoms with Crippen LogP contribution in [0.2, 0.25) is 5.02 Å². The quantitative estimate of drug-likeness (QED) is 0.466. The molecule has 1 N–H and O–H groups in total. The lowest BCUT2D eigenvalue weighted by Gasteiger charge is -2.44. The fraction of sp³-hybridized carbons (Fsp3) is 0.571. The maximum atomic E-state index is 13.5. The maximum Gasteiger partial charge on any atom is 0.179 e. The summed E-state index contributed by atoms with van der Waals surface area (Å²) in [6, 6.07) is 3.73. The SMILES string of the molecule is CCCCOc1c(Cl)cc(C2C3=C(CC(C)(C)CC3=O)NC3=C2C(=O)CC(C)(C)C3)cc1OC. The minimum absolute atomic E-state index is 0.0892. The van der Waals surface area contributed by atoms with Gasteiger partial charge in [0.05, 0.1) is 18.7 Å². The zero-order chi connectivity index (χ0) is 24.8. The summed E-state index contributed by atoms with van der Waals surface area (Å²) in [5.41, 5.74) is 3.81. The molecule has 4 rings (SSSR count). The van der Waals surface area contributed by atoms with Crippen LogP contribution >= 0.6 is 11.6 Å². The monoisotopic (exact) mass is 485 g/mol. The molecule has 0 saturated heterocycles. The van der Waals surface area contributed by atoms with E-state index in [1.807, 2.05) is 12.1 Å². The number of methoxy groups -OCH3 is 1. The molecule has 0 aromatic heterocycles. The Morgan fingerprint density at radius 1 is 0.971 bits per heavy atom. The molecule has 1 aromatic carbocycles. The molecule has 0 amide bonds. The number of hydrogen-bond acceptors (Lipinski definition) is 5. The molecule has 2 aliphatic carbocycles. The molecule has 34 heavy (non-hydrogen) atoms. The first-order valence-electron chi connectivity index (χ1n) is 12.3. The lowest BCUT2D eigenvalue weighted by atomic mass is 9.64. The molecule has 0 bridgehead atoms. The zero-order valence-corrected chi connectivity index (χ0v) is 21.9. The van der Waals surface area contributed by atoms with Gasteiger partial charge in [0.25, 0.3) is 0 Å². The number of benzene rings is 1. The number of allylic oxidation sites excluding steroid dienone is 4. The number of ether oxygens (including phenoxy) is 2. The second kappa shape index (κ2) is 9.07. The van der Waals surface area contributed by atoms with Gasteiger partial charge in [-0.1, -0.05) is 52.6 Å². The van der Waals surface area contributed by atoms with Crippen LogP contribution in [0.5, 0.6) is 11.5 Å². The van der Waals surface area contributed by atoms with Gasteiger partial charge in [0, 0.05) is 41.3 Å². The van der Waals surface area contributed by atoms with E-state index in [2.05, 4.69) is 39.9 Å². The molecule has 6 heteroatoms. The van der Waals surface area contributed by atoms with E-state index in [4.69, 9.17) is 21.1 Å². The summed E-state index contributed by atoms with van der Waals surface area (Å²) in [4.78, 5) is 27.0. The number of unbranched alkanes of at least 4 members (excludes halogenated alkanes) is 1. The first kappa shape index (κ1) is 24.8. The Morgan fingerprint density at radius 2 is 1.53 bits per heavy atom. The van der Waals surface area contributed by atoms with Crippen molar-refractivity contribution in [2.45, 2.75) is 79.1 Å². The molecule has 1 aromatic rings. The molecule has 1 heterocycles. The Labute approximate surface area is 207 Å². The van der Waals surface area contributed by atoms with E-state index in [0.717, 1.165) is 42.6 Å². The zero-order valence-electron chi connectivity index (χ0n) is 21.2. The van der Waals surface area contributed by atoms with Crippen molar-refractivity contribution < 1.29 is 19.1 Å². The number of rotatable bonds is 6. The van der Waals surface area contributed by atoms with Crippen LogP contribution in [0.3, 0.4) is 0 Å². The molecule has 0 radical (unpaired) electrons. The summed E-state index contributed by atoms with van der Waals surface area (Å²) in [7, 11) is 1.59. The number of hydrogen-bond donors (Lipinski definition) is 1. The lowest BCUT2D eigenvalue weighted by molar-refractivity contribution is -0.119. The second-order valence-corrected chi connectivity index (χ2v) is 11.9. The number of dihydropyridines is 1. The van der Waals surface area contributed by atoms with Crippen LogP contribution in [-0.2, 0) is 9.59 Å². The van der Waals surface area contributed by atoms with Gasteiger partial charge < -0.3 is 14.8 Å². The first-order valence-corrected chi connectivity index (χ1v) is 12.6. The molecule has 0 spiro atoms. The highest BCUT2D eigenvalue weighted by molar-refractivity contribution is 6.32. The summed E-state index contributed by atoms with van der Waals surface area (Å²) in [5, 5.41) is 3.98. The second-order valence-electron chi connectivity index (χ2n) is 11.5. The first-order chi connectivity index (χ1) is 16.0. The Hall–Kier alpha value is -2.27. The van der Waals surface area contributed by atoms with Gasteiger partial charge in [0.1, 0.15) is 0 Å². The molecule has 1 aliphatic heterocycles. The van der Waals surface area contributed by atoms with Crippen LogP contribution in [-0.4, -0.2) is 25.3 Å². The minimum atomic E-state index is -0.449. The van der Waals surface area contributed by atoms with Gasteiger partial charge in [-0.25, -0.2) is 0 Å². The molecular weight excluding hydrogens is 450 g/mol. The molecule has 184 valence electrons. The average molecular weight is 486 g/mol. The number of nitrogens with one attached hydrogen (secondary N) is 1. The van der Waals surface area contributed by atoms with Crippen LogP contribution in [0, 0.1) is 10.8 Å². The normalized spacial score (nSPS) is 21.7. The predicted molar refractivity (Wildman–Crippen MR) is 134 cm³/mol. The van der Waals surface area contributed by atoms with E-state index in [-0.39, 0.29) is 22.4 Å². The van der Waals surface area contributed by atoms with Crippen molar-refractivity contribution in [3.8, 4) is 11.5 Å². The highest BCUT2D eigenvalue weighted by Crippen LogP contribution is 2.52. The number of carbonyl (C=O) groups is 2. The van der Waals surface area contributed by atoms with Crippen molar-refractivity contribution in [3.05, 3.63) is 45.3 Å². The Bertz CT molecular complexity index is 1040. The van der Waals surface area contributed by atoms with E-state index in [9.17, 15) is 9.59 Å². The molecule has 0 unspecified atom stereocenters. The van der Waals surface area contributed by atoms with Crippen molar-refractivity contribution in [1.29, 1.82) is 0 Å². The van der Waals surface area contributed by atoms with E-state index < -0.39 is 5.92 Å². The number of carbonyl (C=O) groups excluding carboxylic acids is 2. The summed E-state index contributed by atoms with van der Waals surface area (Å²) >= 11 is 6.70. The van der Waals surface area contributed by atoms with Crippen LogP contribution in [0.25, 0.3) is 0 Å². The van der Waals surface area contributed by atoms with Crippen molar-refractivity contribution in [1.82, 2.24) is 5.32 Å². The van der Waals surface area contributed by atoms with E-state index in [1.165, 1.54) is 0 Å². The predicted octanol–water partition coefficient (Wildman–Crippen LogP) is 6.50. The molecule has 5 nitrogen and oxygen atoms in total. The van der Waals surface area contributed by atoms with Gasteiger partial charge in [-0.15, -0.1) is 0 Å². The fourth-order valence-electron chi connectivity index (χ4n) is 5.59. The lowest BCUT2D eigenvalue weighted by Crippen LogP contribution is -2.42. The smallest absolute Gasteiger partial charge is 0.179 e. The summed E-state index contributed by atoms with van der Waals surface area (Å²) in [6.45, 7) is 11.1. The molecule has 3 aliphatic rings. The van der Waals surface area contributed by atoms with Gasteiger partial charge in [-0.3, -0.25) is 9.59 Å². The third-order valence-electron chi connectivity index (χ3n) is 7.05. The highest BCUT2D eigenvalue weighted by atomic mass is 35.5. The Balaban J connectivity index is 1.87. The third kappa shape index (κ3) is 4.64. The van der Waals surface area contributed by atoms with Crippen molar-refractivity contribution in [2.24, 2.45) is 10.8 Å². The van der Waals surface area contributed by atoms with Crippen LogP contribution in [0.15, 0.2) is 34.7 Å². The van der Waals surface area contributed by atoms with Crippen LogP contribution < -0.4 is 14.8 Å². The number of ketones is 2. The van der Waals surface area contributed by atoms with E-state index in [0.29, 0.717) is 47.1 Å². The average Bonchev–Trinajstić information content (AvgIpc) is 2.71. The summed E-state index contributed by atoms with van der Waals surface area (Å²) < 4.78 is 11.6.